The van der Waals surface area contributed by atoms with Crippen LogP contribution < -0.4 is 20.7 Å². The van der Waals surface area contributed by atoms with Crippen LogP contribution in [0, 0.1) is 5.92 Å². The topological polar surface area (TPSA) is 87.9 Å². The highest BCUT2D eigenvalue weighted by Gasteiger charge is 2.29. The Morgan fingerprint density at radius 3 is 2.42 bits per heavy atom. The number of ether oxygens (including phenoxy) is 1. The zero-order valence-electron chi connectivity index (χ0n) is 15.9. The minimum atomic E-state index is -0.659. The number of anilines is 1. The molecule has 1 saturated heterocycles. The molecule has 1 fully saturated rings. The van der Waals surface area contributed by atoms with Crippen molar-refractivity contribution in [2.24, 2.45) is 11.7 Å². The minimum absolute atomic E-state index is 0.0600. The quantitative estimate of drug-likeness (QED) is 0.774. The number of rotatable bonds is 7. The lowest BCUT2D eigenvalue weighted by Gasteiger charge is -2.38. The SMILES string of the molecule is CCOc1ccccc1N1CCN(C(=O)[C@@H](CC(C)C)NC(N)=O)CC1. The number of benzene rings is 1. The summed E-state index contributed by atoms with van der Waals surface area (Å²) in [4.78, 5) is 28.1. The van der Waals surface area contributed by atoms with E-state index in [1.807, 2.05) is 49.9 Å². The van der Waals surface area contributed by atoms with E-state index in [1.54, 1.807) is 0 Å². The normalized spacial score (nSPS) is 15.7. The second-order valence-corrected chi connectivity index (χ2v) is 6.90. The number of hydrogen-bond acceptors (Lipinski definition) is 4. The first-order valence-electron chi connectivity index (χ1n) is 9.23. The Morgan fingerprint density at radius 2 is 1.85 bits per heavy atom. The number of para-hydroxylation sites is 2. The highest BCUT2D eigenvalue weighted by atomic mass is 16.5. The first kappa shape index (κ1) is 19.9. The molecular formula is C19H30N4O3. The maximum Gasteiger partial charge on any atom is 0.312 e. The van der Waals surface area contributed by atoms with Crippen LogP contribution in [0.1, 0.15) is 27.2 Å². The van der Waals surface area contributed by atoms with Gasteiger partial charge < -0.3 is 25.6 Å². The molecule has 0 aliphatic carbocycles. The molecule has 1 aliphatic rings. The molecule has 3 N–H and O–H groups in total. The summed E-state index contributed by atoms with van der Waals surface area (Å²) in [6, 6.07) is 6.73. The van der Waals surface area contributed by atoms with Crippen LogP contribution in [0.3, 0.4) is 0 Å². The first-order chi connectivity index (χ1) is 12.4. The van der Waals surface area contributed by atoms with Crippen molar-refractivity contribution in [3.05, 3.63) is 24.3 Å². The van der Waals surface area contributed by atoms with Gasteiger partial charge in [-0.3, -0.25) is 4.79 Å². The lowest BCUT2D eigenvalue weighted by atomic mass is 10.0. The van der Waals surface area contributed by atoms with Gasteiger partial charge in [0.05, 0.1) is 12.3 Å². The van der Waals surface area contributed by atoms with Gasteiger partial charge in [-0.05, 0) is 31.4 Å². The van der Waals surface area contributed by atoms with Crippen LogP contribution in [0.15, 0.2) is 24.3 Å². The number of urea groups is 1. The number of primary amides is 1. The lowest BCUT2D eigenvalue weighted by molar-refractivity contribution is -0.133. The van der Waals surface area contributed by atoms with E-state index in [-0.39, 0.29) is 11.8 Å². The molecule has 7 heteroatoms. The zero-order valence-corrected chi connectivity index (χ0v) is 15.9. The van der Waals surface area contributed by atoms with E-state index < -0.39 is 12.1 Å². The third-order valence-electron chi connectivity index (χ3n) is 4.42. The maximum atomic E-state index is 12.8. The summed E-state index contributed by atoms with van der Waals surface area (Å²) in [6.07, 6.45) is 0.579. The van der Waals surface area contributed by atoms with E-state index in [1.165, 1.54) is 0 Å². The Bertz CT molecular complexity index is 613. The number of carbonyl (C=O) groups excluding carboxylic acids is 2. The molecule has 0 radical (unpaired) electrons. The lowest BCUT2D eigenvalue weighted by Crippen LogP contribution is -2.56. The van der Waals surface area contributed by atoms with Crippen LogP contribution in [0.4, 0.5) is 10.5 Å². The van der Waals surface area contributed by atoms with Crippen molar-refractivity contribution in [1.29, 1.82) is 0 Å². The third kappa shape index (κ3) is 5.28. The van der Waals surface area contributed by atoms with E-state index in [0.29, 0.717) is 26.1 Å². The number of hydrogen-bond donors (Lipinski definition) is 2. The van der Waals surface area contributed by atoms with Gasteiger partial charge in [0.1, 0.15) is 11.8 Å². The van der Waals surface area contributed by atoms with Crippen LogP contribution in [-0.4, -0.2) is 55.7 Å². The summed E-state index contributed by atoms with van der Waals surface area (Å²) in [5.74, 6) is 1.09. The average molecular weight is 362 g/mol. The average Bonchev–Trinajstić information content (AvgIpc) is 2.61. The van der Waals surface area contributed by atoms with Crippen molar-refractivity contribution in [2.45, 2.75) is 33.2 Å². The van der Waals surface area contributed by atoms with Crippen LogP contribution >= 0.6 is 0 Å². The van der Waals surface area contributed by atoms with Crippen molar-refractivity contribution in [1.82, 2.24) is 10.2 Å². The molecule has 3 amide bonds. The molecule has 1 aromatic carbocycles. The highest BCUT2D eigenvalue weighted by molar-refractivity contribution is 5.86. The largest absolute Gasteiger partial charge is 0.492 e. The standard InChI is InChI=1S/C19H30N4O3/c1-4-26-17-8-6-5-7-16(17)22-9-11-23(12-10-22)18(24)15(13-14(2)3)21-19(20)25/h5-8,14-15H,4,9-13H2,1-3H3,(H3,20,21,25)/t15-/m1/s1. The van der Waals surface area contributed by atoms with Gasteiger partial charge in [0.25, 0.3) is 0 Å². The summed E-state index contributed by atoms with van der Waals surface area (Å²) in [5.41, 5.74) is 6.29. The molecule has 26 heavy (non-hydrogen) atoms. The summed E-state index contributed by atoms with van der Waals surface area (Å²) in [5, 5.41) is 2.59. The Kier molecular flexibility index (Phi) is 7.12. The highest BCUT2D eigenvalue weighted by Crippen LogP contribution is 2.29. The Morgan fingerprint density at radius 1 is 1.19 bits per heavy atom. The van der Waals surface area contributed by atoms with Crippen LogP contribution in [0.5, 0.6) is 5.75 Å². The molecule has 1 aliphatic heterocycles. The number of nitrogens with zero attached hydrogens (tertiary/aromatic N) is 2. The van der Waals surface area contributed by atoms with Crippen molar-refractivity contribution < 1.29 is 14.3 Å². The fourth-order valence-electron chi connectivity index (χ4n) is 3.25. The van der Waals surface area contributed by atoms with Gasteiger partial charge in [-0.1, -0.05) is 26.0 Å². The molecular weight excluding hydrogens is 332 g/mol. The zero-order chi connectivity index (χ0) is 19.1. The summed E-state index contributed by atoms with van der Waals surface area (Å²) in [6.45, 7) is 9.28. The second-order valence-electron chi connectivity index (χ2n) is 6.90. The number of piperazine rings is 1. The molecule has 0 aromatic heterocycles. The monoisotopic (exact) mass is 362 g/mol. The molecule has 7 nitrogen and oxygen atoms in total. The van der Waals surface area contributed by atoms with E-state index in [9.17, 15) is 9.59 Å². The summed E-state index contributed by atoms with van der Waals surface area (Å²) < 4.78 is 5.71. The molecule has 1 heterocycles. The van der Waals surface area contributed by atoms with E-state index in [0.717, 1.165) is 24.5 Å². The summed E-state index contributed by atoms with van der Waals surface area (Å²) >= 11 is 0. The molecule has 1 atom stereocenters. The summed E-state index contributed by atoms with van der Waals surface area (Å²) in [7, 11) is 0. The molecule has 0 bridgehead atoms. The fraction of sp³-hybridized carbons (Fsp3) is 0.579. The predicted octanol–water partition coefficient (Wildman–Crippen LogP) is 1.82. The van der Waals surface area contributed by atoms with Crippen molar-refractivity contribution in [3.8, 4) is 5.75 Å². The van der Waals surface area contributed by atoms with Crippen molar-refractivity contribution >= 4 is 17.6 Å². The van der Waals surface area contributed by atoms with Gasteiger partial charge in [0.15, 0.2) is 0 Å². The van der Waals surface area contributed by atoms with Gasteiger partial charge >= 0.3 is 6.03 Å². The van der Waals surface area contributed by atoms with Crippen molar-refractivity contribution in [3.63, 3.8) is 0 Å². The third-order valence-corrected chi connectivity index (χ3v) is 4.42. The van der Waals surface area contributed by atoms with Crippen molar-refractivity contribution in [2.75, 3.05) is 37.7 Å². The Balaban J connectivity index is 2.00. The number of carbonyl (C=O) groups is 2. The number of amides is 3. The van der Waals surface area contributed by atoms with E-state index >= 15 is 0 Å². The van der Waals surface area contributed by atoms with Gasteiger partial charge in [-0.15, -0.1) is 0 Å². The van der Waals surface area contributed by atoms with Gasteiger partial charge in [-0.25, -0.2) is 4.79 Å². The van der Waals surface area contributed by atoms with Crippen LogP contribution in [0.25, 0.3) is 0 Å². The molecule has 0 saturated carbocycles. The van der Waals surface area contributed by atoms with Gasteiger partial charge in [-0.2, -0.15) is 0 Å². The van der Waals surface area contributed by atoms with Gasteiger partial charge in [0, 0.05) is 26.2 Å². The minimum Gasteiger partial charge on any atom is -0.492 e. The molecule has 144 valence electrons. The van der Waals surface area contributed by atoms with Crippen LogP contribution in [-0.2, 0) is 4.79 Å². The first-order valence-corrected chi connectivity index (χ1v) is 9.23. The molecule has 2 rings (SSSR count). The molecule has 0 unspecified atom stereocenters. The maximum absolute atomic E-state index is 12.8. The predicted molar refractivity (Wildman–Crippen MR) is 102 cm³/mol. The van der Waals surface area contributed by atoms with Crippen LogP contribution in [0.2, 0.25) is 0 Å². The Hall–Kier alpha value is -2.44. The fourth-order valence-corrected chi connectivity index (χ4v) is 3.25. The number of nitrogens with one attached hydrogen (secondary N) is 1. The van der Waals surface area contributed by atoms with E-state index in [2.05, 4.69) is 10.2 Å². The number of nitrogens with two attached hydrogens (primary N) is 1. The van der Waals surface area contributed by atoms with E-state index in [4.69, 9.17) is 10.5 Å². The Labute approximate surface area is 155 Å². The molecule has 0 spiro atoms. The molecule has 1 aromatic rings. The second kappa shape index (κ2) is 9.31. The van der Waals surface area contributed by atoms with Gasteiger partial charge in [0.2, 0.25) is 5.91 Å². The smallest absolute Gasteiger partial charge is 0.312 e.